The third-order valence-corrected chi connectivity index (χ3v) is 8.84. The van der Waals surface area contributed by atoms with E-state index < -0.39 is 17.4 Å². The lowest BCUT2D eigenvalue weighted by atomic mass is 10.1. The van der Waals surface area contributed by atoms with Crippen LogP contribution in [0.25, 0.3) is 0 Å². The Hall–Kier alpha value is -1.05. The first-order chi connectivity index (χ1) is 9.38. The van der Waals surface area contributed by atoms with Gasteiger partial charge in [0.2, 0.25) is 9.04 Å². The molecule has 0 unspecified atom stereocenters. The molecule has 1 radical (unpaired) electrons. The normalized spacial score (nSPS) is 11.7. The molecule has 0 aliphatic carbocycles. The molecule has 3 nitrogen and oxygen atoms in total. The number of rotatable bonds is 8. The van der Waals surface area contributed by atoms with Gasteiger partial charge in [0.15, 0.2) is 19.8 Å². The van der Waals surface area contributed by atoms with Gasteiger partial charge in [-0.1, -0.05) is 11.8 Å². The summed E-state index contributed by atoms with van der Waals surface area (Å²) in [5, 5.41) is 9.57. The summed E-state index contributed by atoms with van der Waals surface area (Å²) in [6.45, 7) is 10.5. The van der Waals surface area contributed by atoms with Gasteiger partial charge in [-0.05, 0) is 56.2 Å². The Morgan fingerprint density at radius 2 is 2.10 bits per heavy atom. The first-order valence-corrected chi connectivity index (χ1v) is 12.0. The van der Waals surface area contributed by atoms with E-state index in [-0.39, 0.29) is 5.75 Å². The molecule has 0 fully saturated rings. The number of phenolic OH excluding ortho intramolecular Hbond substituents is 1. The summed E-state index contributed by atoms with van der Waals surface area (Å²) >= 11 is 0. The molecule has 0 aromatic heterocycles. The van der Waals surface area contributed by atoms with E-state index >= 15 is 0 Å². The van der Waals surface area contributed by atoms with E-state index in [4.69, 9.17) is 8.85 Å². The monoisotopic (exact) mass is 309 g/mol. The van der Waals surface area contributed by atoms with Gasteiger partial charge in [0, 0.05) is 0 Å². The van der Waals surface area contributed by atoms with Gasteiger partial charge >= 0.3 is 0 Å². The van der Waals surface area contributed by atoms with E-state index in [0.29, 0.717) is 5.75 Å². The van der Waals surface area contributed by atoms with Gasteiger partial charge in [0.25, 0.3) is 0 Å². The van der Waals surface area contributed by atoms with Crippen molar-refractivity contribution >= 4 is 17.4 Å². The minimum absolute atomic E-state index is 0.193. The molecule has 0 saturated carbocycles. The summed E-state index contributed by atoms with van der Waals surface area (Å²) < 4.78 is 11.3. The number of aromatic hydroxyl groups is 1. The van der Waals surface area contributed by atoms with Crippen LogP contribution in [-0.2, 0) is 10.5 Å². The third kappa shape index (κ3) is 5.52. The molecule has 1 N–H and O–H groups in total. The first-order valence-electron chi connectivity index (χ1n) is 6.89. The van der Waals surface area contributed by atoms with E-state index in [9.17, 15) is 5.11 Å². The smallest absolute Gasteiger partial charge is 0.223 e. The number of ether oxygens (including phenoxy) is 1. The van der Waals surface area contributed by atoms with Gasteiger partial charge in [0.05, 0.1) is 7.11 Å². The molecule has 0 bridgehead atoms. The maximum atomic E-state index is 9.57. The lowest BCUT2D eigenvalue weighted by molar-refractivity contribution is 0.373. The predicted molar refractivity (Wildman–Crippen MR) is 88.2 cm³/mol. The number of aryl methyl sites for hydroxylation is 1. The van der Waals surface area contributed by atoms with E-state index in [1.54, 1.807) is 13.2 Å². The van der Waals surface area contributed by atoms with Crippen LogP contribution in [-0.4, -0.2) is 29.6 Å². The molecule has 1 rings (SSSR count). The maximum absolute atomic E-state index is 9.57. The van der Waals surface area contributed by atoms with Crippen molar-refractivity contribution in [1.82, 2.24) is 0 Å². The Morgan fingerprint density at radius 1 is 1.40 bits per heavy atom. The van der Waals surface area contributed by atoms with Gasteiger partial charge in [0.1, 0.15) is 0 Å². The molecule has 0 aliphatic heterocycles. The Bertz CT molecular complexity index is 447. The molecule has 0 aliphatic rings. The molecule has 20 heavy (non-hydrogen) atoms. The molecule has 0 spiro atoms. The summed E-state index contributed by atoms with van der Waals surface area (Å²) in [4.78, 5) is 0. The standard InChI is InChI=1S/C15H25O3Si2/c1-6-19(3)18-20(4,5)11-7-8-13-9-10-14(16)15(12-13)17-2/h6,9-10,12,16H,1,7-8,11H2,2-5H3. The fourth-order valence-electron chi connectivity index (χ4n) is 2.12. The largest absolute Gasteiger partial charge is 0.504 e. The minimum Gasteiger partial charge on any atom is -0.504 e. The van der Waals surface area contributed by atoms with Gasteiger partial charge in [-0.3, -0.25) is 0 Å². The van der Waals surface area contributed by atoms with Gasteiger partial charge < -0.3 is 14.0 Å². The van der Waals surface area contributed by atoms with Gasteiger partial charge in [-0.2, -0.15) is 0 Å². The zero-order valence-electron chi connectivity index (χ0n) is 12.9. The minimum atomic E-state index is -1.58. The number of phenols is 1. The number of benzene rings is 1. The number of hydrogen-bond donors (Lipinski definition) is 1. The van der Waals surface area contributed by atoms with Gasteiger partial charge in [-0.15, -0.1) is 6.58 Å². The second-order valence-electron chi connectivity index (χ2n) is 5.54. The van der Waals surface area contributed by atoms with E-state index in [2.05, 4.69) is 26.2 Å². The summed E-state index contributed by atoms with van der Waals surface area (Å²) in [6, 6.07) is 6.68. The first kappa shape index (κ1) is 17.0. The second kappa shape index (κ2) is 7.66. The van der Waals surface area contributed by atoms with Crippen LogP contribution in [0.15, 0.2) is 30.5 Å². The molecule has 1 aromatic carbocycles. The topological polar surface area (TPSA) is 38.7 Å². The van der Waals surface area contributed by atoms with Crippen molar-refractivity contribution in [1.29, 1.82) is 0 Å². The molecule has 0 heterocycles. The van der Waals surface area contributed by atoms with Crippen molar-refractivity contribution in [2.45, 2.75) is 38.5 Å². The SMILES string of the molecule is C=C[Si](C)O[Si](C)(C)CCCc1ccc(O)c(OC)c1. The van der Waals surface area contributed by atoms with Crippen LogP contribution in [0.4, 0.5) is 0 Å². The average Bonchev–Trinajstić information content (AvgIpc) is 2.39. The molecule has 1 aromatic rings. The summed E-state index contributed by atoms with van der Waals surface area (Å²) in [5.74, 6) is 0.736. The fourth-order valence-corrected chi connectivity index (χ4v) is 7.38. The van der Waals surface area contributed by atoms with Crippen LogP contribution >= 0.6 is 0 Å². The van der Waals surface area contributed by atoms with Gasteiger partial charge in [-0.25, -0.2) is 0 Å². The molecule has 0 atom stereocenters. The average molecular weight is 310 g/mol. The van der Waals surface area contributed by atoms with E-state index in [0.717, 1.165) is 18.9 Å². The molecular formula is C15H25O3Si2. The Morgan fingerprint density at radius 3 is 2.70 bits per heavy atom. The fraction of sp³-hybridized carbons (Fsp3) is 0.467. The highest BCUT2D eigenvalue weighted by atomic mass is 28.4. The van der Waals surface area contributed by atoms with Crippen molar-refractivity contribution in [3.8, 4) is 11.5 Å². The molecule has 111 valence electrons. The summed E-state index contributed by atoms with van der Waals surface area (Å²) in [7, 11) is -0.832. The van der Waals surface area contributed by atoms with Crippen molar-refractivity contribution in [3.05, 3.63) is 36.0 Å². The van der Waals surface area contributed by atoms with Crippen molar-refractivity contribution in [3.63, 3.8) is 0 Å². The van der Waals surface area contributed by atoms with Crippen LogP contribution in [0.2, 0.25) is 25.7 Å². The van der Waals surface area contributed by atoms with Crippen LogP contribution in [0, 0.1) is 0 Å². The summed E-state index contributed by atoms with van der Waals surface area (Å²) in [5.41, 5.74) is 3.14. The Kier molecular flexibility index (Phi) is 6.51. The lowest BCUT2D eigenvalue weighted by Gasteiger charge is -2.25. The third-order valence-electron chi connectivity index (χ3n) is 3.21. The van der Waals surface area contributed by atoms with E-state index in [1.807, 2.05) is 17.8 Å². The highest BCUT2D eigenvalue weighted by Gasteiger charge is 2.23. The van der Waals surface area contributed by atoms with Crippen LogP contribution < -0.4 is 4.74 Å². The Balaban J connectivity index is 2.49. The maximum Gasteiger partial charge on any atom is 0.223 e. The zero-order chi connectivity index (χ0) is 15.2. The Labute approximate surface area is 125 Å². The predicted octanol–water partition coefficient (Wildman–Crippen LogP) is 3.90. The zero-order valence-corrected chi connectivity index (χ0v) is 14.9. The van der Waals surface area contributed by atoms with Crippen LogP contribution in [0.1, 0.15) is 12.0 Å². The number of hydrogen-bond acceptors (Lipinski definition) is 3. The van der Waals surface area contributed by atoms with Crippen LogP contribution in [0.5, 0.6) is 11.5 Å². The lowest BCUT2D eigenvalue weighted by Crippen LogP contribution is -2.35. The van der Waals surface area contributed by atoms with Crippen molar-refractivity contribution in [2.75, 3.05) is 7.11 Å². The molecule has 0 amide bonds. The van der Waals surface area contributed by atoms with Crippen molar-refractivity contribution < 1.29 is 14.0 Å². The number of methoxy groups -OCH3 is 1. The second-order valence-corrected chi connectivity index (χ2v) is 12.0. The van der Waals surface area contributed by atoms with Crippen LogP contribution in [0.3, 0.4) is 0 Å². The molecule has 0 saturated heterocycles. The molecule has 5 heteroatoms. The summed E-state index contributed by atoms with van der Waals surface area (Å²) in [6.07, 6.45) is 2.08. The molecular weight excluding hydrogens is 284 g/mol. The highest BCUT2D eigenvalue weighted by molar-refractivity contribution is 6.79. The van der Waals surface area contributed by atoms with Crippen molar-refractivity contribution in [2.24, 2.45) is 0 Å². The van der Waals surface area contributed by atoms with E-state index in [1.165, 1.54) is 5.56 Å². The highest BCUT2D eigenvalue weighted by Crippen LogP contribution is 2.27. The quantitative estimate of drug-likeness (QED) is 0.740.